The fourth-order valence-corrected chi connectivity index (χ4v) is 1.74. The van der Waals surface area contributed by atoms with Gasteiger partial charge in [-0.2, -0.15) is 0 Å². The highest BCUT2D eigenvalue weighted by atomic mass is 32.1. The van der Waals surface area contributed by atoms with Crippen molar-refractivity contribution in [2.24, 2.45) is 5.73 Å². The zero-order valence-electron chi connectivity index (χ0n) is 10.3. The van der Waals surface area contributed by atoms with E-state index in [9.17, 15) is 4.79 Å². The van der Waals surface area contributed by atoms with E-state index in [1.807, 2.05) is 13.0 Å². The van der Waals surface area contributed by atoms with E-state index in [0.717, 1.165) is 5.56 Å². The van der Waals surface area contributed by atoms with E-state index >= 15 is 0 Å². The summed E-state index contributed by atoms with van der Waals surface area (Å²) in [5, 5.41) is 11.8. The number of nitrogens with one attached hydrogen (secondary N) is 1. The Kier molecular flexibility index (Phi) is 5.74. The number of aliphatic hydroxyl groups excluding tert-OH is 1. The van der Waals surface area contributed by atoms with Crippen molar-refractivity contribution in [2.45, 2.75) is 25.8 Å². The minimum atomic E-state index is -0.211. The number of carbonyl (C=O) groups is 1. The minimum absolute atomic E-state index is 0.0607. The first kappa shape index (κ1) is 14.6. The number of amides is 1. The maximum absolute atomic E-state index is 11.9. The Morgan fingerprint density at radius 3 is 2.83 bits per heavy atom. The first-order valence-corrected chi connectivity index (χ1v) is 6.26. The normalized spacial score (nSPS) is 11.9. The highest BCUT2D eigenvalue weighted by Crippen LogP contribution is 2.07. The molecule has 0 spiro atoms. The summed E-state index contributed by atoms with van der Waals surface area (Å²) in [5.41, 5.74) is 6.93. The molecule has 1 aromatic rings. The van der Waals surface area contributed by atoms with Crippen LogP contribution in [-0.4, -0.2) is 28.7 Å². The van der Waals surface area contributed by atoms with Crippen molar-refractivity contribution >= 4 is 23.1 Å². The van der Waals surface area contributed by atoms with E-state index in [1.165, 1.54) is 0 Å². The summed E-state index contributed by atoms with van der Waals surface area (Å²) in [6, 6.07) is 6.94. The van der Waals surface area contributed by atoms with Crippen molar-refractivity contribution in [1.82, 2.24) is 5.32 Å². The Morgan fingerprint density at radius 2 is 2.28 bits per heavy atom. The van der Waals surface area contributed by atoms with Crippen LogP contribution in [0.2, 0.25) is 0 Å². The number of benzene rings is 1. The molecule has 0 saturated carbocycles. The van der Waals surface area contributed by atoms with Crippen molar-refractivity contribution in [3.05, 3.63) is 35.4 Å². The molecule has 0 aromatic heterocycles. The van der Waals surface area contributed by atoms with E-state index < -0.39 is 0 Å². The van der Waals surface area contributed by atoms with Gasteiger partial charge in [0.2, 0.25) is 0 Å². The third-order valence-electron chi connectivity index (χ3n) is 2.62. The van der Waals surface area contributed by atoms with Gasteiger partial charge in [0.15, 0.2) is 0 Å². The van der Waals surface area contributed by atoms with Crippen molar-refractivity contribution < 1.29 is 9.90 Å². The smallest absolute Gasteiger partial charge is 0.251 e. The molecule has 18 heavy (non-hydrogen) atoms. The Hall–Kier alpha value is -1.46. The van der Waals surface area contributed by atoms with Gasteiger partial charge in [-0.1, -0.05) is 31.3 Å². The summed E-state index contributed by atoms with van der Waals surface area (Å²) in [7, 11) is 0. The van der Waals surface area contributed by atoms with Crippen LogP contribution in [0.1, 0.15) is 29.3 Å². The first-order valence-electron chi connectivity index (χ1n) is 5.85. The lowest BCUT2D eigenvalue weighted by Gasteiger charge is -2.14. The molecule has 0 bridgehead atoms. The van der Waals surface area contributed by atoms with E-state index in [1.54, 1.807) is 18.2 Å². The van der Waals surface area contributed by atoms with Crippen LogP contribution in [0.5, 0.6) is 0 Å². The number of hydrogen-bond acceptors (Lipinski definition) is 3. The van der Waals surface area contributed by atoms with Gasteiger partial charge in [-0.25, -0.2) is 0 Å². The maximum atomic E-state index is 11.9. The molecule has 0 aliphatic heterocycles. The average Bonchev–Trinajstić information content (AvgIpc) is 2.35. The summed E-state index contributed by atoms with van der Waals surface area (Å²) < 4.78 is 0. The number of hydrogen-bond donors (Lipinski definition) is 3. The Morgan fingerprint density at radius 1 is 1.56 bits per heavy atom. The zero-order chi connectivity index (χ0) is 13.5. The van der Waals surface area contributed by atoms with Crippen molar-refractivity contribution in [3.63, 3.8) is 0 Å². The van der Waals surface area contributed by atoms with Crippen molar-refractivity contribution in [3.8, 4) is 0 Å². The summed E-state index contributed by atoms with van der Waals surface area (Å²) in [5.74, 6) is -0.194. The molecule has 1 atom stereocenters. The Labute approximate surface area is 112 Å². The molecule has 0 heterocycles. The van der Waals surface area contributed by atoms with E-state index in [-0.39, 0.29) is 18.6 Å². The molecule has 1 rings (SSSR count). The molecule has 1 amide bonds. The molecule has 0 aliphatic rings. The zero-order valence-corrected chi connectivity index (χ0v) is 11.2. The van der Waals surface area contributed by atoms with Gasteiger partial charge in [0.25, 0.3) is 5.91 Å². The molecule has 5 heteroatoms. The van der Waals surface area contributed by atoms with Crippen LogP contribution in [0.25, 0.3) is 0 Å². The molecule has 1 unspecified atom stereocenters. The van der Waals surface area contributed by atoms with Gasteiger partial charge < -0.3 is 16.2 Å². The van der Waals surface area contributed by atoms with Gasteiger partial charge in [0, 0.05) is 12.0 Å². The van der Waals surface area contributed by atoms with Crippen molar-refractivity contribution in [2.75, 3.05) is 6.61 Å². The molecular weight excluding hydrogens is 248 g/mol. The molecule has 4 N–H and O–H groups in total. The predicted octanol–water partition coefficient (Wildman–Crippen LogP) is 1.02. The lowest BCUT2D eigenvalue weighted by atomic mass is 10.1. The van der Waals surface area contributed by atoms with E-state index in [2.05, 4.69) is 5.32 Å². The van der Waals surface area contributed by atoms with Crippen LogP contribution in [-0.2, 0) is 6.42 Å². The molecule has 0 fully saturated rings. The molecule has 0 radical (unpaired) electrons. The lowest BCUT2D eigenvalue weighted by Crippen LogP contribution is -2.36. The Bertz CT molecular complexity index is 431. The first-order chi connectivity index (χ1) is 8.56. The molecule has 98 valence electrons. The monoisotopic (exact) mass is 266 g/mol. The highest BCUT2D eigenvalue weighted by Gasteiger charge is 2.11. The third kappa shape index (κ3) is 4.43. The van der Waals surface area contributed by atoms with Crippen molar-refractivity contribution in [1.29, 1.82) is 0 Å². The SMILES string of the molecule is CCC(CO)NC(=O)c1cccc(CC(N)=S)c1. The van der Waals surface area contributed by atoms with Gasteiger partial charge >= 0.3 is 0 Å². The number of rotatable bonds is 6. The van der Waals surface area contributed by atoms with E-state index in [4.69, 9.17) is 23.1 Å². The summed E-state index contributed by atoms with van der Waals surface area (Å²) in [6.07, 6.45) is 1.17. The number of thiocarbonyl (C=S) groups is 1. The third-order valence-corrected chi connectivity index (χ3v) is 2.76. The van der Waals surface area contributed by atoms with Gasteiger partial charge in [0.05, 0.1) is 17.6 Å². The average molecular weight is 266 g/mol. The Balaban J connectivity index is 2.76. The molecular formula is C13H18N2O2S. The number of aliphatic hydroxyl groups is 1. The molecule has 0 aliphatic carbocycles. The van der Waals surface area contributed by atoms with Crippen LogP contribution in [0, 0.1) is 0 Å². The van der Waals surface area contributed by atoms with Crippen LogP contribution < -0.4 is 11.1 Å². The van der Waals surface area contributed by atoms with Crippen LogP contribution >= 0.6 is 12.2 Å². The van der Waals surface area contributed by atoms with E-state index in [0.29, 0.717) is 23.4 Å². The number of carbonyl (C=O) groups excluding carboxylic acids is 1. The fourth-order valence-electron chi connectivity index (χ4n) is 1.57. The number of nitrogens with two attached hydrogens (primary N) is 1. The second kappa shape index (κ2) is 7.08. The van der Waals surface area contributed by atoms with Gasteiger partial charge in [-0.3, -0.25) is 4.79 Å². The summed E-state index contributed by atoms with van der Waals surface area (Å²) in [6.45, 7) is 1.85. The highest BCUT2D eigenvalue weighted by molar-refractivity contribution is 7.80. The van der Waals surface area contributed by atoms with Gasteiger partial charge in [0.1, 0.15) is 0 Å². The lowest BCUT2D eigenvalue weighted by molar-refractivity contribution is 0.0915. The van der Waals surface area contributed by atoms with Gasteiger partial charge in [-0.05, 0) is 24.1 Å². The van der Waals surface area contributed by atoms with Crippen LogP contribution in [0.4, 0.5) is 0 Å². The topological polar surface area (TPSA) is 75.3 Å². The van der Waals surface area contributed by atoms with Gasteiger partial charge in [-0.15, -0.1) is 0 Å². The summed E-state index contributed by atoms with van der Waals surface area (Å²) >= 11 is 4.84. The molecule has 0 saturated heterocycles. The van der Waals surface area contributed by atoms with Crippen LogP contribution in [0.15, 0.2) is 24.3 Å². The molecule has 4 nitrogen and oxygen atoms in total. The fraction of sp³-hybridized carbons (Fsp3) is 0.385. The largest absolute Gasteiger partial charge is 0.394 e. The van der Waals surface area contributed by atoms with Crippen LogP contribution in [0.3, 0.4) is 0 Å². The summed E-state index contributed by atoms with van der Waals surface area (Å²) in [4.78, 5) is 12.3. The predicted molar refractivity (Wildman–Crippen MR) is 75.6 cm³/mol. The minimum Gasteiger partial charge on any atom is -0.394 e. The molecule has 1 aromatic carbocycles. The standard InChI is InChI=1S/C13H18N2O2S/c1-2-11(8-16)15-13(17)10-5-3-4-9(6-10)7-12(14)18/h3-6,11,16H,2,7-8H2,1H3,(H2,14,18)(H,15,17). The quantitative estimate of drug-likeness (QED) is 0.672. The second-order valence-electron chi connectivity index (χ2n) is 4.10. The second-order valence-corrected chi connectivity index (χ2v) is 4.63. The maximum Gasteiger partial charge on any atom is 0.251 e.